The van der Waals surface area contributed by atoms with E-state index in [1.165, 1.54) is 4.90 Å². The van der Waals surface area contributed by atoms with Crippen molar-refractivity contribution in [1.29, 1.82) is 0 Å². The number of nitrogens with zero attached hydrogens (tertiary/aromatic N) is 3. The number of amides is 1. The number of carbonyl (C=O) groups excluding carboxylic acids is 1. The molecule has 0 aliphatic rings. The lowest BCUT2D eigenvalue weighted by Crippen LogP contribution is -2.25. The summed E-state index contributed by atoms with van der Waals surface area (Å²) in [5.41, 5.74) is 1.03. The van der Waals surface area contributed by atoms with Crippen molar-refractivity contribution in [2.75, 3.05) is 33.7 Å². The van der Waals surface area contributed by atoms with E-state index in [0.717, 1.165) is 43.1 Å². The summed E-state index contributed by atoms with van der Waals surface area (Å²) in [5.74, 6) is 2.10. The summed E-state index contributed by atoms with van der Waals surface area (Å²) in [5, 5.41) is 2.72. The van der Waals surface area contributed by atoms with Crippen LogP contribution >= 0.6 is 11.9 Å². The number of nitrogens with one attached hydrogen (secondary N) is 1. The molecule has 148 valence electrons. The monoisotopic (exact) mass is 390 g/mol. The fourth-order valence-electron chi connectivity index (χ4n) is 2.61. The molecule has 27 heavy (non-hydrogen) atoms. The number of benzene rings is 1. The molecule has 0 spiro atoms. The molecule has 0 radical (unpaired) electrons. The minimum atomic E-state index is 0.583. The fourth-order valence-corrected chi connectivity index (χ4v) is 3.76. The third kappa shape index (κ3) is 7.74. The summed E-state index contributed by atoms with van der Waals surface area (Å²) >= 11 is 1.76. The third-order valence-corrected chi connectivity index (χ3v) is 4.83. The Morgan fingerprint density at radius 3 is 2.63 bits per heavy atom. The van der Waals surface area contributed by atoms with Gasteiger partial charge in [0.2, 0.25) is 12.3 Å². The van der Waals surface area contributed by atoms with Gasteiger partial charge in [0, 0.05) is 30.1 Å². The van der Waals surface area contributed by atoms with E-state index in [9.17, 15) is 4.79 Å². The molecule has 0 aliphatic carbocycles. The van der Waals surface area contributed by atoms with Gasteiger partial charge in [-0.15, -0.1) is 0 Å². The molecule has 0 saturated heterocycles. The van der Waals surface area contributed by atoms with Gasteiger partial charge in [0.15, 0.2) is 5.76 Å². The van der Waals surface area contributed by atoms with Crippen molar-refractivity contribution in [3.8, 4) is 11.3 Å². The second-order valence-electron chi connectivity index (χ2n) is 7.18. The van der Waals surface area contributed by atoms with Crippen LogP contribution in [0.3, 0.4) is 0 Å². The minimum absolute atomic E-state index is 0.583. The Balaban J connectivity index is 1.97. The quantitative estimate of drug-likeness (QED) is 0.340. The maximum absolute atomic E-state index is 10.4. The second-order valence-corrected chi connectivity index (χ2v) is 8.35. The first-order valence-corrected chi connectivity index (χ1v) is 10.0. The van der Waals surface area contributed by atoms with Crippen LogP contribution in [0.1, 0.15) is 26.2 Å². The molecule has 0 fully saturated rings. The van der Waals surface area contributed by atoms with Crippen molar-refractivity contribution in [3.05, 3.63) is 36.4 Å². The number of carbonyl (C=O) groups is 1. The Morgan fingerprint density at radius 2 is 2.00 bits per heavy atom. The lowest BCUT2D eigenvalue weighted by atomic mass is 10.2. The van der Waals surface area contributed by atoms with Crippen LogP contribution in [0.15, 0.2) is 39.8 Å². The first-order chi connectivity index (χ1) is 13.0. The largest absolute Gasteiger partial charge is 0.439 e. The van der Waals surface area contributed by atoms with E-state index in [2.05, 4.69) is 52.7 Å². The van der Waals surface area contributed by atoms with Crippen molar-refractivity contribution < 1.29 is 9.21 Å². The van der Waals surface area contributed by atoms with Crippen LogP contribution in [0, 0.1) is 5.92 Å². The lowest BCUT2D eigenvalue weighted by molar-refractivity contribution is -0.109. The van der Waals surface area contributed by atoms with Gasteiger partial charge in [-0.2, -0.15) is 0 Å². The summed E-state index contributed by atoms with van der Waals surface area (Å²) in [6.45, 7) is 7.77. The first kappa shape index (κ1) is 21.5. The predicted molar refractivity (Wildman–Crippen MR) is 110 cm³/mol. The number of hydrogen-bond donors (Lipinski definition) is 1. The minimum Gasteiger partial charge on any atom is -0.439 e. The fraction of sp³-hybridized carbons (Fsp3) is 0.500. The maximum Gasteiger partial charge on any atom is 0.209 e. The smallest absolute Gasteiger partial charge is 0.209 e. The van der Waals surface area contributed by atoms with Gasteiger partial charge in [-0.05, 0) is 50.5 Å². The van der Waals surface area contributed by atoms with Crippen LogP contribution in [-0.2, 0) is 11.3 Å². The van der Waals surface area contributed by atoms with Crippen molar-refractivity contribution in [2.24, 2.45) is 5.92 Å². The highest BCUT2D eigenvalue weighted by atomic mass is 32.2. The highest BCUT2D eigenvalue weighted by Gasteiger charge is 2.11. The average molecular weight is 391 g/mol. The van der Waals surface area contributed by atoms with Crippen LogP contribution in [0.5, 0.6) is 0 Å². The van der Waals surface area contributed by atoms with E-state index >= 15 is 0 Å². The number of rotatable bonds is 12. The number of oxazole rings is 1. The molecule has 1 amide bonds. The topological polar surface area (TPSA) is 61.6 Å². The Morgan fingerprint density at radius 1 is 1.26 bits per heavy atom. The molecule has 1 aromatic heterocycles. The highest BCUT2D eigenvalue weighted by Crippen LogP contribution is 2.27. The highest BCUT2D eigenvalue weighted by molar-refractivity contribution is 7.97. The Hall–Kier alpha value is -1.83. The van der Waals surface area contributed by atoms with E-state index in [0.29, 0.717) is 19.0 Å². The van der Waals surface area contributed by atoms with Crippen molar-refractivity contribution >= 4 is 18.4 Å². The van der Waals surface area contributed by atoms with E-state index in [4.69, 9.17) is 4.42 Å². The molecule has 0 saturated carbocycles. The summed E-state index contributed by atoms with van der Waals surface area (Å²) in [6.07, 6.45) is 3.47. The van der Waals surface area contributed by atoms with Crippen LogP contribution in [-0.4, -0.2) is 54.3 Å². The maximum atomic E-state index is 10.4. The summed E-state index contributed by atoms with van der Waals surface area (Å²) in [7, 11) is 3.99. The van der Waals surface area contributed by atoms with Gasteiger partial charge in [0.05, 0.1) is 12.7 Å². The van der Waals surface area contributed by atoms with E-state index < -0.39 is 0 Å². The molecule has 0 aliphatic heterocycles. The molecule has 0 atom stereocenters. The SMILES string of the molecule is CC(C)CN(CCCNC=O)Sc1ccc(-c2cnc(CN(C)C)o2)cc1. The number of hydrogen-bond acceptors (Lipinski definition) is 6. The molecular formula is C20H30N4O2S. The lowest BCUT2D eigenvalue weighted by Gasteiger charge is -2.23. The summed E-state index contributed by atoms with van der Waals surface area (Å²) in [4.78, 5) is 17.9. The molecule has 0 unspecified atom stereocenters. The molecule has 1 N–H and O–H groups in total. The van der Waals surface area contributed by atoms with Gasteiger partial charge >= 0.3 is 0 Å². The van der Waals surface area contributed by atoms with Gasteiger partial charge in [-0.3, -0.25) is 4.79 Å². The molecule has 1 heterocycles. The van der Waals surface area contributed by atoms with Gasteiger partial charge < -0.3 is 14.6 Å². The van der Waals surface area contributed by atoms with E-state index in [1.54, 1.807) is 18.1 Å². The van der Waals surface area contributed by atoms with Crippen LogP contribution in [0.2, 0.25) is 0 Å². The molecule has 2 aromatic rings. The zero-order valence-corrected chi connectivity index (χ0v) is 17.5. The van der Waals surface area contributed by atoms with E-state index in [-0.39, 0.29) is 0 Å². The van der Waals surface area contributed by atoms with Crippen LogP contribution < -0.4 is 5.32 Å². The van der Waals surface area contributed by atoms with Crippen molar-refractivity contribution in [3.63, 3.8) is 0 Å². The van der Waals surface area contributed by atoms with Gasteiger partial charge in [0.1, 0.15) is 0 Å². The second kappa shape index (κ2) is 11.1. The molecule has 6 nitrogen and oxygen atoms in total. The average Bonchev–Trinajstić information content (AvgIpc) is 3.06. The molecule has 0 bridgehead atoms. The van der Waals surface area contributed by atoms with Gasteiger partial charge in [0.25, 0.3) is 0 Å². The van der Waals surface area contributed by atoms with Gasteiger partial charge in [-0.1, -0.05) is 26.0 Å². The van der Waals surface area contributed by atoms with Crippen molar-refractivity contribution in [2.45, 2.75) is 31.7 Å². The third-order valence-electron chi connectivity index (χ3n) is 3.76. The van der Waals surface area contributed by atoms with Crippen molar-refractivity contribution in [1.82, 2.24) is 19.5 Å². The van der Waals surface area contributed by atoms with Crippen LogP contribution in [0.25, 0.3) is 11.3 Å². The molecule has 1 aromatic carbocycles. The molecule has 7 heteroatoms. The Labute approximate surface area is 166 Å². The Bertz CT molecular complexity index is 686. The summed E-state index contributed by atoms with van der Waals surface area (Å²) < 4.78 is 8.18. The molecular weight excluding hydrogens is 360 g/mol. The standard InChI is InChI=1S/C20H30N4O2S/c1-16(2)13-24(11-5-10-21-15-25)27-18-8-6-17(7-9-18)19-12-22-20(26-19)14-23(3)4/h6-9,12,15-16H,5,10-11,13-14H2,1-4H3,(H,21,25). The first-order valence-electron chi connectivity index (χ1n) is 9.27. The van der Waals surface area contributed by atoms with E-state index in [1.807, 2.05) is 19.0 Å². The molecule has 2 rings (SSSR count). The normalized spacial score (nSPS) is 11.5. The number of aromatic nitrogens is 1. The zero-order chi connectivity index (χ0) is 19.6. The predicted octanol–water partition coefficient (Wildman–Crippen LogP) is 3.50. The Kier molecular flexibility index (Phi) is 8.84. The van der Waals surface area contributed by atoms with Crippen LogP contribution in [0.4, 0.5) is 0 Å². The zero-order valence-electron chi connectivity index (χ0n) is 16.6. The van der Waals surface area contributed by atoms with Gasteiger partial charge in [-0.25, -0.2) is 9.29 Å². The summed E-state index contributed by atoms with van der Waals surface area (Å²) in [6, 6.07) is 8.38.